The molecule has 0 radical (unpaired) electrons. The molecule has 2 N–H and O–H groups in total. The molecular weight excluding hydrogens is 432 g/mol. The molecule has 0 atom stereocenters. The lowest BCUT2D eigenvalue weighted by atomic mass is 10.1. The first kappa shape index (κ1) is 21.1. The van der Waals surface area contributed by atoms with Gasteiger partial charge in [0.15, 0.2) is 6.61 Å². The molecular formula is C19H21BrN2O4S. The molecule has 0 aromatic heterocycles. The molecule has 0 fully saturated rings. The summed E-state index contributed by atoms with van der Waals surface area (Å²) < 4.78 is 33.0. The van der Waals surface area contributed by atoms with Gasteiger partial charge in [0.2, 0.25) is 10.0 Å². The van der Waals surface area contributed by atoms with Gasteiger partial charge in [-0.25, -0.2) is 13.1 Å². The molecule has 0 saturated heterocycles. The van der Waals surface area contributed by atoms with Crippen LogP contribution >= 0.6 is 15.9 Å². The maximum absolute atomic E-state index is 12.1. The van der Waals surface area contributed by atoms with Crippen LogP contribution in [-0.2, 0) is 14.8 Å². The molecule has 27 heavy (non-hydrogen) atoms. The highest BCUT2D eigenvalue weighted by molar-refractivity contribution is 9.10. The Morgan fingerprint density at radius 3 is 2.33 bits per heavy atom. The second-order valence-electron chi connectivity index (χ2n) is 5.87. The fraction of sp³-hybridized carbons (Fsp3) is 0.211. The second-order valence-corrected chi connectivity index (χ2v) is 8.55. The maximum Gasteiger partial charge on any atom is 0.262 e. The minimum atomic E-state index is -3.59. The summed E-state index contributed by atoms with van der Waals surface area (Å²) in [5, 5.41) is 2.68. The topological polar surface area (TPSA) is 84.5 Å². The summed E-state index contributed by atoms with van der Waals surface area (Å²) in [5.41, 5.74) is 2.34. The summed E-state index contributed by atoms with van der Waals surface area (Å²) in [6, 6.07) is 9.72. The number of hydrogen-bond donors (Lipinski definition) is 2. The summed E-state index contributed by atoms with van der Waals surface area (Å²) >= 11 is 3.42. The van der Waals surface area contributed by atoms with Gasteiger partial charge in [-0.05, 0) is 61.4 Å². The fourth-order valence-electron chi connectivity index (χ4n) is 2.43. The number of sulfonamides is 1. The van der Waals surface area contributed by atoms with Gasteiger partial charge in [-0.1, -0.05) is 22.0 Å². The summed E-state index contributed by atoms with van der Waals surface area (Å²) in [5.74, 6) is 0.334. The van der Waals surface area contributed by atoms with E-state index in [2.05, 4.69) is 32.5 Å². The third-order valence-electron chi connectivity index (χ3n) is 3.64. The molecule has 0 bridgehead atoms. The molecule has 6 nitrogen and oxygen atoms in total. The van der Waals surface area contributed by atoms with Crippen molar-refractivity contribution in [2.75, 3.05) is 18.5 Å². The number of aryl methyl sites for hydroxylation is 2. The van der Waals surface area contributed by atoms with Gasteiger partial charge < -0.3 is 10.1 Å². The van der Waals surface area contributed by atoms with Crippen LogP contribution in [0.25, 0.3) is 0 Å². The van der Waals surface area contributed by atoms with Gasteiger partial charge in [-0.3, -0.25) is 4.79 Å². The highest BCUT2D eigenvalue weighted by Gasteiger charge is 2.13. The van der Waals surface area contributed by atoms with E-state index in [4.69, 9.17) is 4.74 Å². The molecule has 0 aliphatic heterocycles. The van der Waals surface area contributed by atoms with E-state index < -0.39 is 10.0 Å². The zero-order chi connectivity index (χ0) is 20.0. The highest BCUT2D eigenvalue weighted by atomic mass is 79.9. The van der Waals surface area contributed by atoms with Crippen molar-refractivity contribution in [1.82, 2.24) is 4.72 Å². The first-order chi connectivity index (χ1) is 12.7. The largest absolute Gasteiger partial charge is 0.483 e. The van der Waals surface area contributed by atoms with Crippen LogP contribution in [0.15, 0.2) is 58.4 Å². The Balaban J connectivity index is 1.97. The van der Waals surface area contributed by atoms with Gasteiger partial charge in [0.05, 0.1) is 4.90 Å². The predicted octanol–water partition coefficient (Wildman–Crippen LogP) is 3.55. The number of halogens is 1. The molecule has 8 heteroatoms. The van der Waals surface area contributed by atoms with Gasteiger partial charge in [-0.15, -0.1) is 6.58 Å². The van der Waals surface area contributed by atoms with Crippen LogP contribution in [0.4, 0.5) is 5.69 Å². The molecule has 2 aromatic rings. The Labute approximate surface area is 167 Å². The molecule has 0 spiro atoms. The number of hydrogen-bond acceptors (Lipinski definition) is 4. The smallest absolute Gasteiger partial charge is 0.262 e. The standard InChI is InChI=1S/C19H21BrN2O4S/c1-4-9-21-27(24,25)17-7-5-16(6-8-17)22-18(23)12-26-19-13(2)10-15(20)11-14(19)3/h4-8,10-11,21H,1,9,12H2,2-3H3,(H,22,23). The van der Waals surface area contributed by atoms with Crippen molar-refractivity contribution in [3.63, 3.8) is 0 Å². The van der Waals surface area contributed by atoms with Crippen molar-refractivity contribution >= 4 is 37.5 Å². The maximum atomic E-state index is 12.1. The summed E-state index contributed by atoms with van der Waals surface area (Å²) in [4.78, 5) is 12.2. The third-order valence-corrected chi connectivity index (χ3v) is 5.54. The normalized spacial score (nSPS) is 11.1. The van der Waals surface area contributed by atoms with E-state index in [9.17, 15) is 13.2 Å². The number of anilines is 1. The SMILES string of the molecule is C=CCNS(=O)(=O)c1ccc(NC(=O)COc2c(C)cc(Br)cc2C)cc1. The van der Waals surface area contributed by atoms with Crippen LogP contribution in [0.3, 0.4) is 0 Å². The van der Waals surface area contributed by atoms with Crippen molar-refractivity contribution in [2.24, 2.45) is 0 Å². The Hall–Kier alpha value is -2.16. The molecule has 144 valence electrons. The number of nitrogens with one attached hydrogen (secondary N) is 2. The van der Waals surface area contributed by atoms with E-state index in [1.165, 1.54) is 30.3 Å². The number of carbonyl (C=O) groups is 1. The molecule has 0 saturated carbocycles. The summed E-state index contributed by atoms with van der Waals surface area (Å²) in [6.07, 6.45) is 1.46. The minimum Gasteiger partial charge on any atom is -0.483 e. The molecule has 0 heterocycles. The van der Waals surface area contributed by atoms with Gasteiger partial charge in [0, 0.05) is 16.7 Å². The predicted molar refractivity (Wildman–Crippen MR) is 110 cm³/mol. The minimum absolute atomic E-state index is 0.111. The van der Waals surface area contributed by atoms with Gasteiger partial charge in [0.25, 0.3) is 5.91 Å². The van der Waals surface area contributed by atoms with Crippen LogP contribution in [0.2, 0.25) is 0 Å². The average Bonchev–Trinajstić information content (AvgIpc) is 2.59. The third kappa shape index (κ3) is 5.92. The Morgan fingerprint density at radius 2 is 1.78 bits per heavy atom. The van der Waals surface area contributed by atoms with Crippen molar-refractivity contribution in [1.29, 1.82) is 0 Å². The van der Waals surface area contributed by atoms with Crippen molar-refractivity contribution < 1.29 is 17.9 Å². The number of ether oxygens (including phenoxy) is 1. The molecule has 2 rings (SSSR count). The molecule has 2 aromatic carbocycles. The Kier molecular flexibility index (Phi) is 7.18. The van der Waals surface area contributed by atoms with Crippen LogP contribution in [0, 0.1) is 13.8 Å². The fourth-order valence-corrected chi connectivity index (χ4v) is 4.11. The lowest BCUT2D eigenvalue weighted by Crippen LogP contribution is -2.24. The average molecular weight is 453 g/mol. The van der Waals surface area contributed by atoms with Crippen LogP contribution < -0.4 is 14.8 Å². The van der Waals surface area contributed by atoms with Crippen molar-refractivity contribution in [3.8, 4) is 5.75 Å². The zero-order valence-electron chi connectivity index (χ0n) is 15.1. The number of amides is 1. The van der Waals surface area contributed by atoms with E-state index in [1.54, 1.807) is 0 Å². The van der Waals surface area contributed by atoms with Crippen molar-refractivity contribution in [2.45, 2.75) is 18.7 Å². The van der Waals surface area contributed by atoms with Crippen LogP contribution in [0.1, 0.15) is 11.1 Å². The van der Waals surface area contributed by atoms with Crippen molar-refractivity contribution in [3.05, 3.63) is 64.7 Å². The summed E-state index contributed by atoms with van der Waals surface area (Å²) in [6.45, 7) is 7.28. The molecule has 1 amide bonds. The summed E-state index contributed by atoms with van der Waals surface area (Å²) in [7, 11) is -3.59. The Bertz CT molecular complexity index is 918. The second kappa shape index (κ2) is 9.16. The van der Waals surface area contributed by atoms with E-state index in [0.717, 1.165) is 15.6 Å². The zero-order valence-corrected chi connectivity index (χ0v) is 17.5. The molecule has 0 aliphatic carbocycles. The van der Waals surface area contributed by atoms with E-state index in [1.807, 2.05) is 26.0 Å². The Morgan fingerprint density at radius 1 is 1.19 bits per heavy atom. The lowest BCUT2D eigenvalue weighted by Gasteiger charge is -2.13. The van der Waals surface area contributed by atoms with E-state index in [-0.39, 0.29) is 24.0 Å². The number of benzene rings is 2. The van der Waals surface area contributed by atoms with Crippen LogP contribution in [0.5, 0.6) is 5.75 Å². The monoisotopic (exact) mass is 452 g/mol. The highest BCUT2D eigenvalue weighted by Crippen LogP contribution is 2.27. The van der Waals surface area contributed by atoms with Crippen LogP contribution in [-0.4, -0.2) is 27.5 Å². The number of carbonyl (C=O) groups excluding carboxylic acids is 1. The first-order valence-corrected chi connectivity index (χ1v) is 10.4. The van der Waals surface area contributed by atoms with Gasteiger partial charge in [0.1, 0.15) is 5.75 Å². The van der Waals surface area contributed by atoms with Gasteiger partial charge in [-0.2, -0.15) is 0 Å². The lowest BCUT2D eigenvalue weighted by molar-refractivity contribution is -0.118. The van der Waals surface area contributed by atoms with E-state index in [0.29, 0.717) is 11.4 Å². The molecule has 0 unspecified atom stereocenters. The quantitative estimate of drug-likeness (QED) is 0.599. The molecule has 0 aliphatic rings. The van der Waals surface area contributed by atoms with Gasteiger partial charge >= 0.3 is 0 Å². The van der Waals surface area contributed by atoms with E-state index >= 15 is 0 Å². The first-order valence-electron chi connectivity index (χ1n) is 8.13. The number of rotatable bonds is 8.